The van der Waals surface area contributed by atoms with Crippen LogP contribution in [0.4, 0.5) is 4.79 Å². The molecule has 2 aromatic rings. The fraction of sp³-hybridized carbons (Fsp3) is 0.375. The maximum atomic E-state index is 12.3. The summed E-state index contributed by atoms with van der Waals surface area (Å²) in [5.74, 6) is -1.76. The molecule has 3 rings (SSSR count). The van der Waals surface area contributed by atoms with Crippen molar-refractivity contribution in [2.75, 3.05) is 19.7 Å². The molecule has 0 bridgehead atoms. The summed E-state index contributed by atoms with van der Waals surface area (Å²) in [4.78, 5) is 35.3. The van der Waals surface area contributed by atoms with Gasteiger partial charge < -0.3 is 25.6 Å². The second-order valence-electron chi connectivity index (χ2n) is 8.46. The first-order valence-corrected chi connectivity index (χ1v) is 10.5. The number of ether oxygens (including phenoxy) is 1. The zero-order valence-corrected chi connectivity index (χ0v) is 18.1. The van der Waals surface area contributed by atoms with Crippen LogP contribution in [0.5, 0.6) is 0 Å². The number of carboxylic acids is 1. The normalized spacial score (nSPS) is 13.6. The SMILES string of the molecule is CC(C)(CNC(=O)OCC1c2ccccc2-c2ccccc21)C(=O)NCC[C@H](O)C(=O)O. The van der Waals surface area contributed by atoms with Crippen LogP contribution >= 0.6 is 0 Å². The Morgan fingerprint density at radius 2 is 1.56 bits per heavy atom. The Morgan fingerprint density at radius 1 is 1.00 bits per heavy atom. The Hall–Kier alpha value is -3.39. The number of rotatable bonds is 9. The smallest absolute Gasteiger partial charge is 0.407 e. The predicted molar refractivity (Wildman–Crippen MR) is 118 cm³/mol. The number of aliphatic carboxylic acids is 1. The predicted octanol–water partition coefficient (Wildman–Crippen LogP) is 2.50. The van der Waals surface area contributed by atoms with E-state index in [1.807, 2.05) is 36.4 Å². The quantitative estimate of drug-likeness (QED) is 0.475. The molecule has 0 heterocycles. The minimum atomic E-state index is -1.53. The summed E-state index contributed by atoms with van der Waals surface area (Å²) in [6.07, 6.45) is -2.25. The molecule has 8 nitrogen and oxygen atoms in total. The van der Waals surface area contributed by atoms with E-state index < -0.39 is 23.6 Å². The second kappa shape index (κ2) is 9.82. The summed E-state index contributed by atoms with van der Waals surface area (Å²) < 4.78 is 5.47. The molecule has 0 unspecified atom stereocenters. The van der Waals surface area contributed by atoms with Crippen LogP contribution in [0.2, 0.25) is 0 Å². The third-order valence-electron chi connectivity index (χ3n) is 5.62. The van der Waals surface area contributed by atoms with Gasteiger partial charge in [-0.25, -0.2) is 9.59 Å². The van der Waals surface area contributed by atoms with E-state index in [0.29, 0.717) is 0 Å². The van der Waals surface area contributed by atoms with E-state index in [-0.39, 0.29) is 37.9 Å². The molecule has 8 heteroatoms. The molecule has 2 amide bonds. The van der Waals surface area contributed by atoms with Crippen LogP contribution in [-0.4, -0.2) is 54.0 Å². The summed E-state index contributed by atoms with van der Waals surface area (Å²) in [6, 6.07) is 16.1. The van der Waals surface area contributed by atoms with Crippen LogP contribution in [-0.2, 0) is 14.3 Å². The van der Waals surface area contributed by atoms with Crippen molar-refractivity contribution < 1.29 is 29.3 Å². The number of alkyl carbamates (subject to hydrolysis) is 1. The van der Waals surface area contributed by atoms with Crippen LogP contribution in [0.1, 0.15) is 37.3 Å². The minimum absolute atomic E-state index is 0.0146. The summed E-state index contributed by atoms with van der Waals surface area (Å²) in [5, 5.41) is 23.1. The van der Waals surface area contributed by atoms with Gasteiger partial charge in [0.25, 0.3) is 0 Å². The van der Waals surface area contributed by atoms with Gasteiger partial charge in [0.05, 0.1) is 5.41 Å². The lowest BCUT2D eigenvalue weighted by Crippen LogP contribution is -2.45. The van der Waals surface area contributed by atoms with Crippen molar-refractivity contribution in [3.63, 3.8) is 0 Å². The number of fused-ring (bicyclic) bond motifs is 3. The van der Waals surface area contributed by atoms with Gasteiger partial charge >= 0.3 is 12.1 Å². The van der Waals surface area contributed by atoms with Crippen LogP contribution < -0.4 is 10.6 Å². The molecule has 2 aromatic carbocycles. The highest BCUT2D eigenvalue weighted by atomic mass is 16.5. The maximum absolute atomic E-state index is 12.3. The largest absolute Gasteiger partial charge is 0.479 e. The van der Waals surface area contributed by atoms with E-state index in [1.165, 1.54) is 0 Å². The van der Waals surface area contributed by atoms with Crippen molar-refractivity contribution in [2.45, 2.75) is 32.3 Å². The standard InChI is InChI=1S/C24H28N2O6/c1-24(2,22(30)25-12-11-20(27)21(28)29)14-26-23(31)32-13-19-17-9-5-3-7-15(17)16-8-4-6-10-18(16)19/h3-10,19-20,27H,11-14H2,1-2H3,(H,25,30)(H,26,31)(H,28,29)/t20-/m0/s1. The number of hydrogen-bond acceptors (Lipinski definition) is 5. The maximum Gasteiger partial charge on any atom is 0.407 e. The summed E-state index contributed by atoms with van der Waals surface area (Å²) in [5.41, 5.74) is 3.57. The molecule has 4 N–H and O–H groups in total. The number of aliphatic hydroxyl groups is 1. The molecular formula is C24H28N2O6. The topological polar surface area (TPSA) is 125 Å². The Morgan fingerprint density at radius 3 is 2.12 bits per heavy atom. The molecule has 1 atom stereocenters. The van der Waals surface area contributed by atoms with Crippen molar-refractivity contribution in [3.05, 3.63) is 59.7 Å². The molecule has 170 valence electrons. The van der Waals surface area contributed by atoms with E-state index >= 15 is 0 Å². The third kappa shape index (κ3) is 5.26. The Kier molecular flexibility index (Phi) is 7.15. The van der Waals surface area contributed by atoms with Gasteiger partial charge in [0.2, 0.25) is 5.91 Å². The van der Waals surface area contributed by atoms with E-state index in [2.05, 4.69) is 22.8 Å². The molecule has 0 saturated carbocycles. The highest BCUT2D eigenvalue weighted by Crippen LogP contribution is 2.44. The van der Waals surface area contributed by atoms with E-state index in [4.69, 9.17) is 9.84 Å². The van der Waals surface area contributed by atoms with Crippen molar-refractivity contribution in [1.82, 2.24) is 10.6 Å². The minimum Gasteiger partial charge on any atom is -0.479 e. The van der Waals surface area contributed by atoms with Gasteiger partial charge in [0.15, 0.2) is 6.10 Å². The lowest BCUT2D eigenvalue weighted by molar-refractivity contribution is -0.147. The van der Waals surface area contributed by atoms with Crippen molar-refractivity contribution in [1.29, 1.82) is 0 Å². The van der Waals surface area contributed by atoms with Gasteiger partial charge in [-0.3, -0.25) is 4.79 Å². The third-order valence-corrected chi connectivity index (χ3v) is 5.62. The molecule has 1 aliphatic rings. The monoisotopic (exact) mass is 440 g/mol. The number of amides is 2. The van der Waals surface area contributed by atoms with E-state index in [9.17, 15) is 19.5 Å². The number of carbonyl (C=O) groups is 3. The van der Waals surface area contributed by atoms with Gasteiger partial charge in [-0.15, -0.1) is 0 Å². The van der Waals surface area contributed by atoms with E-state index in [0.717, 1.165) is 22.3 Å². The first-order chi connectivity index (χ1) is 15.2. The van der Waals surface area contributed by atoms with Gasteiger partial charge in [-0.2, -0.15) is 0 Å². The number of aliphatic hydroxyl groups excluding tert-OH is 1. The Balaban J connectivity index is 1.50. The molecule has 0 aromatic heterocycles. The van der Waals surface area contributed by atoms with Crippen LogP contribution in [0.15, 0.2) is 48.5 Å². The molecule has 0 fully saturated rings. The van der Waals surface area contributed by atoms with Gasteiger partial charge in [-0.05, 0) is 36.1 Å². The van der Waals surface area contributed by atoms with Crippen molar-refractivity contribution in [2.24, 2.45) is 5.41 Å². The van der Waals surface area contributed by atoms with Crippen molar-refractivity contribution in [3.8, 4) is 11.1 Å². The number of hydrogen-bond donors (Lipinski definition) is 4. The summed E-state index contributed by atoms with van der Waals surface area (Å²) in [6.45, 7) is 3.54. The van der Waals surface area contributed by atoms with Gasteiger partial charge in [0, 0.05) is 25.4 Å². The highest BCUT2D eigenvalue weighted by Gasteiger charge is 2.31. The van der Waals surface area contributed by atoms with Gasteiger partial charge in [-0.1, -0.05) is 48.5 Å². The fourth-order valence-electron chi connectivity index (χ4n) is 3.71. The lowest BCUT2D eigenvalue weighted by Gasteiger charge is -2.24. The molecule has 1 aliphatic carbocycles. The molecule has 0 spiro atoms. The molecular weight excluding hydrogens is 412 g/mol. The molecule has 0 aliphatic heterocycles. The molecule has 0 radical (unpaired) electrons. The fourth-order valence-corrected chi connectivity index (χ4v) is 3.71. The number of nitrogens with one attached hydrogen (secondary N) is 2. The zero-order valence-electron chi connectivity index (χ0n) is 18.1. The Labute approximate surface area is 186 Å². The zero-order chi connectivity index (χ0) is 23.3. The van der Waals surface area contributed by atoms with Crippen LogP contribution in [0.3, 0.4) is 0 Å². The summed E-state index contributed by atoms with van der Waals surface area (Å²) >= 11 is 0. The van der Waals surface area contributed by atoms with E-state index in [1.54, 1.807) is 13.8 Å². The van der Waals surface area contributed by atoms with Crippen LogP contribution in [0.25, 0.3) is 11.1 Å². The average molecular weight is 440 g/mol. The van der Waals surface area contributed by atoms with Gasteiger partial charge in [0.1, 0.15) is 6.61 Å². The molecule has 0 saturated heterocycles. The Bertz CT molecular complexity index is 958. The van der Waals surface area contributed by atoms with Crippen LogP contribution in [0, 0.1) is 5.41 Å². The first-order valence-electron chi connectivity index (χ1n) is 10.5. The highest BCUT2D eigenvalue weighted by molar-refractivity contribution is 5.83. The second-order valence-corrected chi connectivity index (χ2v) is 8.46. The number of benzene rings is 2. The molecule has 32 heavy (non-hydrogen) atoms. The average Bonchev–Trinajstić information content (AvgIpc) is 3.10. The lowest BCUT2D eigenvalue weighted by atomic mass is 9.92. The van der Waals surface area contributed by atoms with Crippen molar-refractivity contribution >= 4 is 18.0 Å². The number of carbonyl (C=O) groups excluding carboxylic acids is 2. The first kappa shape index (κ1) is 23.3. The summed E-state index contributed by atoms with van der Waals surface area (Å²) in [7, 11) is 0. The number of carboxylic acid groups (broad SMARTS) is 1.